The van der Waals surface area contributed by atoms with Crippen LogP contribution in [0, 0.1) is 13.8 Å². The molecular weight excluding hydrogens is 615 g/mol. The van der Waals surface area contributed by atoms with Crippen LogP contribution >= 0.6 is 11.3 Å². The number of pyridine rings is 1. The molecule has 1 aliphatic rings. The lowest BCUT2D eigenvalue weighted by atomic mass is 10.0. The molecule has 2 aromatic heterocycles. The highest BCUT2D eigenvalue weighted by Gasteiger charge is 2.33. The molecule has 12 heteroatoms. The lowest BCUT2D eigenvalue weighted by molar-refractivity contribution is -0.137. The molecule has 0 spiro atoms. The zero-order valence-electron chi connectivity index (χ0n) is 25.6. The van der Waals surface area contributed by atoms with Crippen molar-refractivity contribution in [3.8, 4) is 0 Å². The maximum Gasteiger partial charge on any atom is 0.416 e. The number of aromatic nitrogens is 2. The van der Waals surface area contributed by atoms with Crippen LogP contribution in [0.3, 0.4) is 0 Å². The van der Waals surface area contributed by atoms with Crippen molar-refractivity contribution >= 4 is 23.2 Å². The third-order valence-corrected chi connectivity index (χ3v) is 8.95. The van der Waals surface area contributed by atoms with Crippen molar-refractivity contribution in [1.82, 2.24) is 25.5 Å². The molecule has 0 radical (unpaired) electrons. The topological polar surface area (TPSA) is 107 Å². The molecule has 1 aliphatic heterocycles. The second kappa shape index (κ2) is 14.5. The lowest BCUT2D eigenvalue weighted by Crippen LogP contribution is -2.49. The third-order valence-electron chi connectivity index (χ3n) is 7.88. The van der Waals surface area contributed by atoms with Crippen LogP contribution in [0.1, 0.15) is 72.8 Å². The number of nitrogens with zero attached hydrogens (tertiary/aromatic N) is 3. The maximum absolute atomic E-state index is 13.7. The second-order valence-corrected chi connectivity index (χ2v) is 12.4. The van der Waals surface area contributed by atoms with E-state index in [0.717, 1.165) is 41.2 Å². The lowest BCUT2D eigenvalue weighted by Gasteiger charge is -2.25. The second-order valence-electron chi connectivity index (χ2n) is 11.5. The number of hydrogen-bond acceptors (Lipinski definition) is 7. The van der Waals surface area contributed by atoms with Crippen molar-refractivity contribution < 1.29 is 27.9 Å². The molecule has 3 atom stereocenters. The van der Waals surface area contributed by atoms with Crippen molar-refractivity contribution in [3.05, 3.63) is 116 Å². The summed E-state index contributed by atoms with van der Waals surface area (Å²) in [6, 6.07) is 16.6. The van der Waals surface area contributed by atoms with Crippen molar-refractivity contribution in [2.75, 3.05) is 13.1 Å². The van der Waals surface area contributed by atoms with E-state index in [1.807, 2.05) is 42.6 Å². The Labute approximate surface area is 269 Å². The van der Waals surface area contributed by atoms with E-state index in [-0.39, 0.29) is 30.7 Å². The first kappa shape index (κ1) is 33.2. The van der Waals surface area contributed by atoms with Gasteiger partial charge in [-0.25, -0.2) is 9.97 Å². The average molecular weight is 652 g/mol. The quantitative estimate of drug-likeness (QED) is 0.194. The van der Waals surface area contributed by atoms with Gasteiger partial charge in [0.1, 0.15) is 10.7 Å². The molecule has 0 aliphatic carbocycles. The Morgan fingerprint density at radius 3 is 2.50 bits per heavy atom. The van der Waals surface area contributed by atoms with Crippen molar-refractivity contribution in [2.45, 2.75) is 64.0 Å². The predicted molar refractivity (Wildman–Crippen MR) is 169 cm³/mol. The molecule has 0 unspecified atom stereocenters. The highest BCUT2D eigenvalue weighted by Crippen LogP contribution is 2.35. The van der Waals surface area contributed by atoms with Crippen LogP contribution in [-0.4, -0.2) is 57.0 Å². The fraction of sp³-hybridized carbons (Fsp3) is 0.353. The molecule has 4 aromatic rings. The number of aliphatic hydroxyl groups is 1. The number of carbonyl (C=O) groups excluding carboxylic acids is 2. The molecule has 242 valence electrons. The Balaban J connectivity index is 1.29. The fourth-order valence-electron chi connectivity index (χ4n) is 5.62. The molecule has 0 bridgehead atoms. The van der Waals surface area contributed by atoms with Crippen LogP contribution in [0.15, 0.2) is 72.1 Å². The van der Waals surface area contributed by atoms with Gasteiger partial charge in [-0.15, -0.1) is 11.3 Å². The van der Waals surface area contributed by atoms with E-state index >= 15 is 0 Å². The summed E-state index contributed by atoms with van der Waals surface area (Å²) in [5.74, 6) is -0.751. The Morgan fingerprint density at radius 1 is 1.02 bits per heavy atom. The van der Waals surface area contributed by atoms with Crippen LogP contribution in [0.4, 0.5) is 13.2 Å². The van der Waals surface area contributed by atoms with Gasteiger partial charge >= 0.3 is 6.18 Å². The molecule has 46 heavy (non-hydrogen) atoms. The summed E-state index contributed by atoms with van der Waals surface area (Å²) in [7, 11) is 0. The number of amides is 2. The molecule has 1 fully saturated rings. The van der Waals surface area contributed by atoms with E-state index < -0.39 is 29.8 Å². The monoisotopic (exact) mass is 651 g/mol. The normalized spacial score (nSPS) is 16.3. The van der Waals surface area contributed by atoms with Crippen LogP contribution in [0.5, 0.6) is 0 Å². The molecular formula is C34H36F3N5O3S. The van der Waals surface area contributed by atoms with Crippen molar-refractivity contribution in [1.29, 1.82) is 0 Å². The van der Waals surface area contributed by atoms with Gasteiger partial charge in [-0.1, -0.05) is 48.5 Å². The van der Waals surface area contributed by atoms with Gasteiger partial charge in [-0.05, 0) is 62.4 Å². The van der Waals surface area contributed by atoms with Crippen molar-refractivity contribution in [3.63, 3.8) is 0 Å². The standard InChI is InChI=1S/C34H36F3N5O3S/c1-21-14-25(33(45)42-13-7-12-29(42)32-40-22(2)20-46-32)17-28(39-21)31(44)41-27(16-23-8-4-3-5-9-23)30(43)19-38-18-24-10-6-11-26(15-24)34(35,36)37/h3-6,8-11,14-15,17,20,27,29-30,38,43H,7,12-13,16,18-19H2,1-2H3,(H,41,44)/t27-,29+,30-/m0/s1. The summed E-state index contributed by atoms with van der Waals surface area (Å²) in [4.78, 5) is 38.0. The third kappa shape index (κ3) is 8.36. The fourth-order valence-corrected chi connectivity index (χ4v) is 6.57. The number of carbonyl (C=O) groups is 2. The first-order valence-electron chi connectivity index (χ1n) is 15.1. The minimum absolute atomic E-state index is 0.00554. The summed E-state index contributed by atoms with van der Waals surface area (Å²) >= 11 is 1.53. The van der Waals surface area contributed by atoms with E-state index in [0.29, 0.717) is 29.8 Å². The summed E-state index contributed by atoms with van der Waals surface area (Å²) < 4.78 is 39.4. The number of benzene rings is 2. The smallest absolute Gasteiger partial charge is 0.390 e. The van der Waals surface area contributed by atoms with Gasteiger partial charge in [0, 0.05) is 42.0 Å². The van der Waals surface area contributed by atoms with E-state index in [1.165, 1.54) is 23.5 Å². The molecule has 5 rings (SSSR count). The van der Waals surface area contributed by atoms with Crippen LogP contribution in [0.2, 0.25) is 0 Å². The van der Waals surface area contributed by atoms with Crippen LogP contribution < -0.4 is 10.6 Å². The molecule has 3 heterocycles. The highest BCUT2D eigenvalue weighted by molar-refractivity contribution is 7.09. The Bertz CT molecular complexity index is 1660. The van der Waals surface area contributed by atoms with Gasteiger partial charge < -0.3 is 20.6 Å². The Kier molecular flexibility index (Phi) is 10.5. The SMILES string of the molecule is Cc1cc(C(=O)N2CCC[C@@H]2c2nc(C)cs2)cc(C(=O)N[C@@H](Cc2ccccc2)[C@@H](O)CNCc2cccc(C(F)(F)F)c2)n1. The van der Waals surface area contributed by atoms with Gasteiger partial charge in [-0.3, -0.25) is 9.59 Å². The molecule has 8 nitrogen and oxygen atoms in total. The number of nitrogens with one attached hydrogen (secondary N) is 2. The first-order valence-corrected chi connectivity index (χ1v) is 16.0. The molecule has 1 saturated heterocycles. The van der Waals surface area contributed by atoms with E-state index in [4.69, 9.17) is 0 Å². The minimum Gasteiger partial charge on any atom is -0.390 e. The number of rotatable bonds is 11. The number of aryl methyl sites for hydroxylation is 2. The predicted octanol–water partition coefficient (Wildman–Crippen LogP) is 5.64. The number of hydrogen-bond donors (Lipinski definition) is 3. The van der Waals surface area contributed by atoms with Gasteiger partial charge in [-0.2, -0.15) is 13.2 Å². The highest BCUT2D eigenvalue weighted by atomic mass is 32.1. The first-order chi connectivity index (χ1) is 22.0. The molecule has 2 aromatic carbocycles. The number of thiazole rings is 1. The minimum atomic E-state index is -4.45. The Morgan fingerprint density at radius 2 is 1.78 bits per heavy atom. The average Bonchev–Trinajstić information content (AvgIpc) is 3.69. The summed E-state index contributed by atoms with van der Waals surface area (Å²) in [6.45, 7) is 4.32. The molecule has 2 amide bonds. The van der Waals surface area contributed by atoms with Gasteiger partial charge in [0.15, 0.2) is 0 Å². The maximum atomic E-state index is 13.7. The van der Waals surface area contributed by atoms with E-state index in [2.05, 4.69) is 20.6 Å². The van der Waals surface area contributed by atoms with Crippen LogP contribution in [-0.2, 0) is 19.1 Å². The largest absolute Gasteiger partial charge is 0.416 e. The zero-order chi connectivity index (χ0) is 32.8. The van der Waals surface area contributed by atoms with Gasteiger partial charge in [0.05, 0.1) is 23.8 Å². The van der Waals surface area contributed by atoms with Gasteiger partial charge in [0.25, 0.3) is 11.8 Å². The molecule has 0 saturated carbocycles. The summed E-state index contributed by atoms with van der Waals surface area (Å²) in [6.07, 6.45) is -3.58. The Hall–Kier alpha value is -4.13. The van der Waals surface area contributed by atoms with E-state index in [1.54, 1.807) is 24.0 Å². The van der Waals surface area contributed by atoms with Crippen LogP contribution in [0.25, 0.3) is 0 Å². The number of aliphatic hydroxyl groups excluding tert-OH is 1. The zero-order valence-corrected chi connectivity index (χ0v) is 26.4. The number of likely N-dealkylation sites (tertiary alicyclic amines) is 1. The number of halogens is 3. The van der Waals surface area contributed by atoms with Crippen molar-refractivity contribution in [2.24, 2.45) is 0 Å². The number of alkyl halides is 3. The summed E-state index contributed by atoms with van der Waals surface area (Å²) in [5.41, 5.74) is 2.35. The van der Waals surface area contributed by atoms with E-state index in [9.17, 15) is 27.9 Å². The molecule has 3 N–H and O–H groups in total. The van der Waals surface area contributed by atoms with Gasteiger partial charge in [0.2, 0.25) is 0 Å². The summed E-state index contributed by atoms with van der Waals surface area (Å²) in [5, 5.41) is 19.9.